The van der Waals surface area contributed by atoms with Crippen LogP contribution in [0.2, 0.25) is 0 Å². The van der Waals surface area contributed by atoms with Crippen LogP contribution < -0.4 is 5.32 Å². The van der Waals surface area contributed by atoms with Crippen molar-refractivity contribution < 1.29 is 9.90 Å². The number of amides is 1. The number of benzene rings is 2. The number of nitrogens with one attached hydrogen (secondary N) is 1. The van der Waals surface area contributed by atoms with Gasteiger partial charge in [0.15, 0.2) is 0 Å². The standard InChI is InChI=1S/C20H15N3O2/c21-13-12-19(25)23-17-6-2-1-4-14(17)8-10-16-11-9-15-5-3-7-18(24)20(15)22-16/h1-11,24H,12H2,(H,23,25). The fourth-order valence-corrected chi connectivity index (χ4v) is 2.44. The van der Waals surface area contributed by atoms with Crippen LogP contribution in [0.5, 0.6) is 5.75 Å². The molecule has 0 saturated carbocycles. The lowest BCUT2D eigenvalue weighted by Gasteiger charge is -2.07. The van der Waals surface area contributed by atoms with Gasteiger partial charge in [-0.05, 0) is 29.8 Å². The minimum Gasteiger partial charge on any atom is -0.506 e. The summed E-state index contributed by atoms with van der Waals surface area (Å²) >= 11 is 0. The van der Waals surface area contributed by atoms with Crippen molar-refractivity contribution in [3.8, 4) is 11.8 Å². The zero-order chi connectivity index (χ0) is 17.6. The second kappa shape index (κ2) is 7.28. The molecule has 25 heavy (non-hydrogen) atoms. The first kappa shape index (κ1) is 16.2. The Morgan fingerprint density at radius 3 is 2.80 bits per heavy atom. The first-order valence-electron chi connectivity index (χ1n) is 7.70. The predicted molar refractivity (Wildman–Crippen MR) is 97.6 cm³/mol. The van der Waals surface area contributed by atoms with Crippen LogP contribution in [-0.2, 0) is 4.79 Å². The fraction of sp³-hybridized carbons (Fsp3) is 0.0500. The Hall–Kier alpha value is -3.65. The average Bonchev–Trinajstić information content (AvgIpc) is 2.62. The molecule has 0 spiro atoms. The van der Waals surface area contributed by atoms with Gasteiger partial charge in [0.05, 0.1) is 11.8 Å². The van der Waals surface area contributed by atoms with Crippen molar-refractivity contribution in [1.82, 2.24) is 4.98 Å². The number of fused-ring (bicyclic) bond motifs is 1. The van der Waals surface area contributed by atoms with Gasteiger partial charge in [0.1, 0.15) is 17.7 Å². The van der Waals surface area contributed by atoms with Gasteiger partial charge >= 0.3 is 0 Å². The zero-order valence-electron chi connectivity index (χ0n) is 13.3. The first-order chi connectivity index (χ1) is 12.2. The van der Waals surface area contributed by atoms with E-state index in [9.17, 15) is 9.90 Å². The molecule has 0 fully saturated rings. The van der Waals surface area contributed by atoms with Crippen molar-refractivity contribution in [2.75, 3.05) is 5.32 Å². The van der Waals surface area contributed by atoms with Crippen LogP contribution in [0.3, 0.4) is 0 Å². The molecular formula is C20H15N3O2. The van der Waals surface area contributed by atoms with Gasteiger partial charge in [0, 0.05) is 11.1 Å². The number of carbonyl (C=O) groups excluding carboxylic acids is 1. The Kier molecular flexibility index (Phi) is 4.72. The summed E-state index contributed by atoms with van der Waals surface area (Å²) in [7, 11) is 0. The topological polar surface area (TPSA) is 86.0 Å². The minimum atomic E-state index is -0.350. The summed E-state index contributed by atoms with van der Waals surface area (Å²) in [6.07, 6.45) is 3.45. The van der Waals surface area contributed by atoms with Crippen molar-refractivity contribution in [1.29, 1.82) is 5.26 Å². The first-order valence-corrected chi connectivity index (χ1v) is 7.70. The van der Waals surface area contributed by atoms with Crippen molar-refractivity contribution in [2.24, 2.45) is 0 Å². The number of hydrogen-bond donors (Lipinski definition) is 2. The van der Waals surface area contributed by atoms with E-state index in [1.54, 1.807) is 24.3 Å². The minimum absolute atomic E-state index is 0.136. The van der Waals surface area contributed by atoms with Crippen molar-refractivity contribution in [2.45, 2.75) is 6.42 Å². The number of aromatic nitrogens is 1. The average molecular weight is 329 g/mol. The maximum Gasteiger partial charge on any atom is 0.238 e. The number of anilines is 1. The maximum atomic E-state index is 11.6. The maximum absolute atomic E-state index is 11.6. The van der Waals surface area contributed by atoms with Gasteiger partial charge in [0.2, 0.25) is 5.91 Å². The lowest BCUT2D eigenvalue weighted by atomic mass is 10.1. The molecule has 5 heteroatoms. The number of rotatable bonds is 4. The summed E-state index contributed by atoms with van der Waals surface area (Å²) in [4.78, 5) is 16.1. The molecule has 5 nitrogen and oxygen atoms in total. The van der Waals surface area contributed by atoms with E-state index < -0.39 is 0 Å². The van der Waals surface area contributed by atoms with Gasteiger partial charge < -0.3 is 10.4 Å². The highest BCUT2D eigenvalue weighted by Crippen LogP contribution is 2.23. The predicted octanol–water partition coefficient (Wildman–Crippen LogP) is 3.96. The molecule has 0 atom stereocenters. The number of para-hydroxylation sites is 2. The molecule has 0 unspecified atom stereocenters. The Bertz CT molecular complexity index is 1000. The zero-order valence-corrected chi connectivity index (χ0v) is 13.3. The summed E-state index contributed by atoms with van der Waals surface area (Å²) in [6, 6.07) is 18.1. The molecular weight excluding hydrogens is 314 g/mol. The van der Waals surface area contributed by atoms with E-state index >= 15 is 0 Å². The van der Waals surface area contributed by atoms with Crippen LogP contribution in [0.25, 0.3) is 23.1 Å². The molecule has 1 amide bonds. The van der Waals surface area contributed by atoms with Crippen LogP contribution in [0, 0.1) is 11.3 Å². The lowest BCUT2D eigenvalue weighted by molar-refractivity contribution is -0.115. The summed E-state index contributed by atoms with van der Waals surface area (Å²) in [5.74, 6) is -0.214. The van der Waals surface area contributed by atoms with E-state index in [1.807, 2.05) is 48.5 Å². The van der Waals surface area contributed by atoms with E-state index in [0.717, 1.165) is 10.9 Å². The van der Waals surface area contributed by atoms with Crippen LogP contribution in [0.15, 0.2) is 54.6 Å². The number of carbonyl (C=O) groups is 1. The molecule has 0 radical (unpaired) electrons. The molecule has 0 aliphatic carbocycles. The van der Waals surface area contributed by atoms with E-state index in [0.29, 0.717) is 16.9 Å². The highest BCUT2D eigenvalue weighted by molar-refractivity contribution is 5.95. The molecule has 2 N–H and O–H groups in total. The molecule has 122 valence electrons. The van der Waals surface area contributed by atoms with Gasteiger partial charge in [-0.1, -0.05) is 42.5 Å². The highest BCUT2D eigenvalue weighted by Gasteiger charge is 2.05. The number of nitrogens with zero attached hydrogens (tertiary/aromatic N) is 2. The Morgan fingerprint density at radius 1 is 1.12 bits per heavy atom. The van der Waals surface area contributed by atoms with Gasteiger partial charge in [-0.3, -0.25) is 4.79 Å². The molecule has 0 aliphatic heterocycles. The lowest BCUT2D eigenvalue weighted by Crippen LogP contribution is -2.10. The summed E-state index contributed by atoms with van der Waals surface area (Å²) < 4.78 is 0. The second-order valence-electron chi connectivity index (χ2n) is 5.39. The van der Waals surface area contributed by atoms with Crippen LogP contribution in [-0.4, -0.2) is 16.0 Å². The van der Waals surface area contributed by atoms with E-state index in [1.165, 1.54) is 0 Å². The molecule has 0 saturated heterocycles. The monoisotopic (exact) mass is 329 g/mol. The van der Waals surface area contributed by atoms with Crippen LogP contribution in [0.4, 0.5) is 5.69 Å². The quantitative estimate of drug-likeness (QED) is 0.758. The summed E-state index contributed by atoms with van der Waals surface area (Å²) in [5.41, 5.74) is 2.66. The molecule has 1 aromatic heterocycles. The number of pyridine rings is 1. The Labute approximate surface area is 144 Å². The molecule has 0 bridgehead atoms. The van der Waals surface area contributed by atoms with E-state index in [2.05, 4.69) is 10.3 Å². The van der Waals surface area contributed by atoms with E-state index in [4.69, 9.17) is 5.26 Å². The SMILES string of the molecule is N#CCC(=O)Nc1ccccc1C=Cc1ccc2cccc(O)c2n1. The normalized spacial score (nSPS) is 10.7. The van der Waals surface area contributed by atoms with Crippen molar-refractivity contribution in [3.05, 3.63) is 65.9 Å². The van der Waals surface area contributed by atoms with Gasteiger partial charge in [-0.25, -0.2) is 4.98 Å². The smallest absolute Gasteiger partial charge is 0.238 e. The Balaban J connectivity index is 1.89. The highest BCUT2D eigenvalue weighted by atomic mass is 16.3. The van der Waals surface area contributed by atoms with Crippen molar-refractivity contribution in [3.63, 3.8) is 0 Å². The molecule has 2 aromatic carbocycles. The molecule has 3 aromatic rings. The van der Waals surface area contributed by atoms with Gasteiger partial charge in [0.25, 0.3) is 0 Å². The largest absolute Gasteiger partial charge is 0.506 e. The number of hydrogen-bond acceptors (Lipinski definition) is 4. The number of phenols is 1. The number of aromatic hydroxyl groups is 1. The van der Waals surface area contributed by atoms with Crippen LogP contribution >= 0.6 is 0 Å². The third-order valence-electron chi connectivity index (χ3n) is 3.63. The van der Waals surface area contributed by atoms with Gasteiger partial charge in [-0.2, -0.15) is 5.26 Å². The number of nitriles is 1. The third-order valence-corrected chi connectivity index (χ3v) is 3.63. The van der Waals surface area contributed by atoms with Crippen LogP contribution in [0.1, 0.15) is 17.7 Å². The molecule has 0 aliphatic rings. The van der Waals surface area contributed by atoms with E-state index in [-0.39, 0.29) is 18.1 Å². The third kappa shape index (κ3) is 3.82. The van der Waals surface area contributed by atoms with Gasteiger partial charge in [-0.15, -0.1) is 0 Å². The molecule has 3 rings (SSSR count). The summed E-state index contributed by atoms with van der Waals surface area (Å²) in [6.45, 7) is 0. The second-order valence-corrected chi connectivity index (χ2v) is 5.39. The Morgan fingerprint density at radius 2 is 1.96 bits per heavy atom. The molecule has 1 heterocycles. The fourth-order valence-electron chi connectivity index (χ4n) is 2.44. The number of phenolic OH excluding ortho intramolecular Hbond substituents is 1. The van der Waals surface area contributed by atoms with Crippen molar-refractivity contribution >= 4 is 34.6 Å². The summed E-state index contributed by atoms with van der Waals surface area (Å²) in [5, 5.41) is 22.1.